The zero-order valence-corrected chi connectivity index (χ0v) is 14.9. The van der Waals surface area contributed by atoms with Crippen LogP contribution in [0.4, 0.5) is 0 Å². The van der Waals surface area contributed by atoms with E-state index in [2.05, 4.69) is 43.3 Å². The summed E-state index contributed by atoms with van der Waals surface area (Å²) in [5.74, 6) is 0.861. The molecule has 120 valence electrons. The summed E-state index contributed by atoms with van der Waals surface area (Å²) in [6.07, 6.45) is 3.87. The maximum Gasteiger partial charge on any atom is 0.107 e. The number of nitrogens with one attached hydrogen (secondary N) is 1. The Kier molecular flexibility index (Phi) is 6.20. The van der Waals surface area contributed by atoms with Crippen molar-refractivity contribution in [3.05, 3.63) is 16.1 Å². The van der Waals surface area contributed by atoms with Crippen molar-refractivity contribution in [3.63, 3.8) is 0 Å². The molecular weight excluding hydrogens is 278 g/mol. The molecule has 0 saturated carbocycles. The van der Waals surface area contributed by atoms with E-state index in [0.717, 1.165) is 12.5 Å². The number of piperidine rings is 1. The molecule has 0 amide bonds. The SMILES string of the molecule is CCCN(Cc1nc(C(C)(C)C)cs1)CC1CCNCC1. The second-order valence-electron chi connectivity index (χ2n) is 7.30. The normalized spacial score (nSPS) is 17.6. The predicted molar refractivity (Wildman–Crippen MR) is 92.0 cm³/mol. The molecule has 1 saturated heterocycles. The van der Waals surface area contributed by atoms with E-state index >= 15 is 0 Å². The van der Waals surface area contributed by atoms with Crippen LogP contribution in [0, 0.1) is 5.92 Å². The van der Waals surface area contributed by atoms with Crippen LogP contribution < -0.4 is 5.32 Å². The maximum atomic E-state index is 4.86. The van der Waals surface area contributed by atoms with E-state index in [1.807, 2.05) is 11.3 Å². The number of nitrogens with zero attached hydrogens (tertiary/aromatic N) is 2. The number of thiazole rings is 1. The Hall–Kier alpha value is -0.450. The Morgan fingerprint density at radius 2 is 2.05 bits per heavy atom. The summed E-state index contributed by atoms with van der Waals surface area (Å²) in [5, 5.41) is 6.98. The van der Waals surface area contributed by atoms with E-state index in [0.29, 0.717) is 0 Å². The third-order valence-corrected chi connectivity index (χ3v) is 5.03. The third kappa shape index (κ3) is 5.35. The van der Waals surface area contributed by atoms with Crippen LogP contribution >= 0.6 is 11.3 Å². The molecule has 0 spiro atoms. The molecule has 1 aromatic rings. The van der Waals surface area contributed by atoms with Crippen molar-refractivity contribution in [1.29, 1.82) is 0 Å². The van der Waals surface area contributed by atoms with Gasteiger partial charge in [0.25, 0.3) is 0 Å². The standard InChI is InChI=1S/C17H31N3S/c1-5-10-20(11-14-6-8-18-9-7-14)12-16-19-15(13-21-16)17(2,3)4/h13-14,18H,5-12H2,1-4H3. The van der Waals surface area contributed by atoms with Crippen LogP contribution in [-0.2, 0) is 12.0 Å². The number of aromatic nitrogens is 1. The third-order valence-electron chi connectivity index (χ3n) is 4.19. The molecule has 0 aliphatic carbocycles. The average Bonchev–Trinajstić information content (AvgIpc) is 2.89. The van der Waals surface area contributed by atoms with Crippen molar-refractivity contribution in [1.82, 2.24) is 15.2 Å². The molecule has 1 aromatic heterocycles. The van der Waals surface area contributed by atoms with Crippen molar-refractivity contribution in [2.75, 3.05) is 26.2 Å². The van der Waals surface area contributed by atoms with Crippen molar-refractivity contribution < 1.29 is 0 Å². The quantitative estimate of drug-likeness (QED) is 0.869. The molecule has 2 heterocycles. The van der Waals surface area contributed by atoms with Gasteiger partial charge in [-0.1, -0.05) is 27.7 Å². The second kappa shape index (κ2) is 7.70. The zero-order chi connectivity index (χ0) is 15.3. The van der Waals surface area contributed by atoms with E-state index in [9.17, 15) is 0 Å². The van der Waals surface area contributed by atoms with Gasteiger partial charge in [-0.3, -0.25) is 4.90 Å². The molecule has 1 aliphatic rings. The second-order valence-corrected chi connectivity index (χ2v) is 8.25. The fourth-order valence-electron chi connectivity index (χ4n) is 2.90. The van der Waals surface area contributed by atoms with Gasteiger partial charge in [-0.25, -0.2) is 4.98 Å². The Morgan fingerprint density at radius 1 is 1.33 bits per heavy atom. The molecule has 0 aromatic carbocycles. The van der Waals surface area contributed by atoms with Gasteiger partial charge in [0.1, 0.15) is 5.01 Å². The largest absolute Gasteiger partial charge is 0.317 e. The van der Waals surface area contributed by atoms with Crippen molar-refractivity contribution in [2.24, 2.45) is 5.92 Å². The highest BCUT2D eigenvalue weighted by molar-refractivity contribution is 7.09. The van der Waals surface area contributed by atoms with Crippen molar-refractivity contribution in [3.8, 4) is 0 Å². The van der Waals surface area contributed by atoms with Crippen molar-refractivity contribution >= 4 is 11.3 Å². The summed E-state index contributed by atoms with van der Waals surface area (Å²) < 4.78 is 0. The highest BCUT2D eigenvalue weighted by Crippen LogP contribution is 2.25. The van der Waals surface area contributed by atoms with E-state index in [-0.39, 0.29) is 5.41 Å². The summed E-state index contributed by atoms with van der Waals surface area (Å²) >= 11 is 1.83. The van der Waals surface area contributed by atoms with Gasteiger partial charge >= 0.3 is 0 Å². The Bertz CT molecular complexity index is 416. The van der Waals surface area contributed by atoms with E-state index in [4.69, 9.17) is 4.98 Å². The Labute approximate surface area is 134 Å². The summed E-state index contributed by atoms with van der Waals surface area (Å²) in [7, 11) is 0. The van der Waals surface area contributed by atoms with Crippen LogP contribution in [0.3, 0.4) is 0 Å². The number of rotatable bonds is 6. The lowest BCUT2D eigenvalue weighted by molar-refractivity contribution is 0.198. The first kappa shape index (κ1) is 16.9. The summed E-state index contributed by atoms with van der Waals surface area (Å²) in [5.41, 5.74) is 1.40. The van der Waals surface area contributed by atoms with Gasteiger partial charge in [0.15, 0.2) is 0 Å². The average molecular weight is 310 g/mol. The predicted octanol–water partition coefficient (Wildman–Crippen LogP) is 3.65. The minimum atomic E-state index is 0.166. The van der Waals surface area contributed by atoms with E-state index in [1.165, 1.54) is 56.1 Å². The Balaban J connectivity index is 1.93. The molecule has 0 bridgehead atoms. The molecule has 4 heteroatoms. The molecule has 21 heavy (non-hydrogen) atoms. The fourth-order valence-corrected chi connectivity index (χ4v) is 3.96. The van der Waals surface area contributed by atoms with Crippen LogP contribution in [0.5, 0.6) is 0 Å². The van der Waals surface area contributed by atoms with Gasteiger partial charge in [-0.2, -0.15) is 0 Å². The molecule has 3 nitrogen and oxygen atoms in total. The summed E-state index contributed by atoms with van der Waals surface area (Å²) in [6, 6.07) is 0. The summed E-state index contributed by atoms with van der Waals surface area (Å²) in [4.78, 5) is 7.47. The van der Waals surface area contributed by atoms with Gasteiger partial charge in [-0.15, -0.1) is 11.3 Å². The van der Waals surface area contributed by atoms with Gasteiger partial charge in [-0.05, 0) is 44.8 Å². The lowest BCUT2D eigenvalue weighted by Crippen LogP contribution is -2.36. The topological polar surface area (TPSA) is 28.2 Å². The van der Waals surface area contributed by atoms with E-state index < -0.39 is 0 Å². The van der Waals surface area contributed by atoms with Crippen LogP contribution in [0.25, 0.3) is 0 Å². The smallest absolute Gasteiger partial charge is 0.107 e. The number of hydrogen-bond acceptors (Lipinski definition) is 4. The molecule has 1 aliphatic heterocycles. The molecule has 0 unspecified atom stereocenters. The van der Waals surface area contributed by atoms with Gasteiger partial charge in [0.05, 0.1) is 12.2 Å². The van der Waals surface area contributed by atoms with Crippen LogP contribution in [0.2, 0.25) is 0 Å². The van der Waals surface area contributed by atoms with Gasteiger partial charge in [0.2, 0.25) is 0 Å². The fraction of sp³-hybridized carbons (Fsp3) is 0.824. The first-order valence-corrected chi connectivity index (χ1v) is 9.25. The molecular formula is C17H31N3S. The monoisotopic (exact) mass is 309 g/mol. The first-order valence-electron chi connectivity index (χ1n) is 8.37. The molecule has 0 atom stereocenters. The summed E-state index contributed by atoms with van der Waals surface area (Å²) in [6.45, 7) is 14.8. The molecule has 1 fully saturated rings. The van der Waals surface area contributed by atoms with Crippen LogP contribution in [0.15, 0.2) is 5.38 Å². The number of hydrogen-bond donors (Lipinski definition) is 1. The first-order chi connectivity index (χ1) is 9.99. The highest BCUT2D eigenvalue weighted by Gasteiger charge is 2.20. The minimum absolute atomic E-state index is 0.166. The molecule has 2 rings (SSSR count). The Morgan fingerprint density at radius 3 is 2.62 bits per heavy atom. The lowest BCUT2D eigenvalue weighted by atomic mass is 9.93. The van der Waals surface area contributed by atoms with E-state index in [1.54, 1.807) is 0 Å². The zero-order valence-electron chi connectivity index (χ0n) is 14.1. The van der Waals surface area contributed by atoms with Gasteiger partial charge < -0.3 is 5.32 Å². The highest BCUT2D eigenvalue weighted by atomic mass is 32.1. The van der Waals surface area contributed by atoms with Crippen LogP contribution in [0.1, 0.15) is 57.7 Å². The van der Waals surface area contributed by atoms with Crippen LogP contribution in [-0.4, -0.2) is 36.1 Å². The maximum absolute atomic E-state index is 4.86. The molecule has 0 radical (unpaired) electrons. The van der Waals surface area contributed by atoms with Crippen molar-refractivity contribution in [2.45, 2.75) is 58.9 Å². The van der Waals surface area contributed by atoms with Gasteiger partial charge in [0, 0.05) is 17.3 Å². The molecule has 1 N–H and O–H groups in total. The minimum Gasteiger partial charge on any atom is -0.317 e. The lowest BCUT2D eigenvalue weighted by Gasteiger charge is -2.29.